The zero-order valence-corrected chi connectivity index (χ0v) is 20.2. The van der Waals surface area contributed by atoms with E-state index in [9.17, 15) is 13.6 Å². The summed E-state index contributed by atoms with van der Waals surface area (Å²) in [6.07, 6.45) is 3.79. The van der Waals surface area contributed by atoms with Gasteiger partial charge in [0, 0.05) is 24.7 Å². The molecule has 10 heteroatoms. The second-order valence-electron chi connectivity index (χ2n) is 9.16. The summed E-state index contributed by atoms with van der Waals surface area (Å²) in [6.45, 7) is 2.51. The fraction of sp³-hybridized carbons (Fsp3) is 0.346. The fourth-order valence-corrected chi connectivity index (χ4v) is 4.77. The zero-order chi connectivity index (χ0) is 25.2. The number of benzene rings is 2. The Labute approximate surface area is 207 Å². The number of hydrogen-bond acceptors (Lipinski definition) is 6. The Bertz CT molecular complexity index is 1430. The number of methoxy groups -OCH3 is 1. The lowest BCUT2D eigenvalue weighted by molar-refractivity contribution is 0.217. The predicted molar refractivity (Wildman–Crippen MR) is 134 cm³/mol. The summed E-state index contributed by atoms with van der Waals surface area (Å²) in [7, 11) is 3.65. The van der Waals surface area contributed by atoms with Crippen molar-refractivity contribution in [1.29, 1.82) is 0 Å². The van der Waals surface area contributed by atoms with Gasteiger partial charge in [-0.15, -0.1) is 0 Å². The van der Waals surface area contributed by atoms with E-state index in [0.29, 0.717) is 41.0 Å². The molecule has 0 aliphatic carbocycles. The molecule has 1 N–H and O–H groups in total. The molecule has 0 saturated carbocycles. The standard InChI is InChI=1S/C26H28F2N6O2/c1-32-11-5-6-17(15-32)13-29-25-30-14-23-24(31-25)34(18-7-3-8-19(12-18)36-2)26(35)33(23)16-20-21(27)9-4-10-22(20)28/h3-4,7-10,12,14,17H,5-6,11,13,15-16H2,1-2H3,(H,29,30,31). The summed E-state index contributed by atoms with van der Waals surface area (Å²) in [5.74, 6) is -0.0187. The van der Waals surface area contributed by atoms with E-state index >= 15 is 0 Å². The molecule has 1 saturated heterocycles. The van der Waals surface area contributed by atoms with Crippen molar-refractivity contribution >= 4 is 17.1 Å². The van der Waals surface area contributed by atoms with Gasteiger partial charge in [-0.1, -0.05) is 12.1 Å². The molecule has 0 spiro atoms. The molecule has 1 aliphatic heterocycles. The maximum Gasteiger partial charge on any atom is 0.335 e. The first kappa shape index (κ1) is 23.9. The van der Waals surface area contributed by atoms with Crippen LogP contribution in [0.3, 0.4) is 0 Å². The molecule has 36 heavy (non-hydrogen) atoms. The number of likely N-dealkylation sites (tertiary alicyclic amines) is 1. The molecule has 1 fully saturated rings. The Morgan fingerprint density at radius 2 is 1.94 bits per heavy atom. The highest BCUT2D eigenvalue weighted by Crippen LogP contribution is 2.23. The molecule has 1 unspecified atom stereocenters. The summed E-state index contributed by atoms with van der Waals surface area (Å²) in [4.78, 5) is 25.0. The normalized spacial score (nSPS) is 16.4. The molecule has 8 nitrogen and oxygen atoms in total. The van der Waals surface area contributed by atoms with Crippen molar-refractivity contribution in [3.8, 4) is 11.4 Å². The molecule has 2 aromatic carbocycles. The van der Waals surface area contributed by atoms with E-state index in [0.717, 1.165) is 25.9 Å². The van der Waals surface area contributed by atoms with Crippen LogP contribution in [0.4, 0.5) is 14.7 Å². The zero-order valence-electron chi connectivity index (χ0n) is 20.2. The van der Waals surface area contributed by atoms with Crippen molar-refractivity contribution < 1.29 is 13.5 Å². The largest absolute Gasteiger partial charge is 0.497 e. The highest BCUT2D eigenvalue weighted by molar-refractivity contribution is 5.74. The molecule has 5 rings (SSSR count). The second-order valence-corrected chi connectivity index (χ2v) is 9.16. The highest BCUT2D eigenvalue weighted by atomic mass is 19.1. The molecule has 0 bridgehead atoms. The summed E-state index contributed by atoms with van der Waals surface area (Å²) in [5, 5.41) is 3.31. The minimum Gasteiger partial charge on any atom is -0.497 e. The fourth-order valence-electron chi connectivity index (χ4n) is 4.77. The Hall–Kier alpha value is -3.79. The van der Waals surface area contributed by atoms with Crippen LogP contribution in [-0.4, -0.2) is 57.8 Å². The van der Waals surface area contributed by atoms with Gasteiger partial charge in [-0.2, -0.15) is 4.98 Å². The Balaban J connectivity index is 1.58. The number of nitrogens with zero attached hydrogens (tertiary/aromatic N) is 5. The number of ether oxygens (including phenoxy) is 1. The first-order chi connectivity index (χ1) is 17.4. The molecule has 0 radical (unpaired) electrons. The number of anilines is 1. The van der Waals surface area contributed by atoms with E-state index in [1.165, 1.54) is 33.5 Å². The lowest BCUT2D eigenvalue weighted by atomic mass is 9.99. The van der Waals surface area contributed by atoms with Crippen LogP contribution in [0.1, 0.15) is 18.4 Å². The predicted octanol–water partition coefficient (Wildman–Crippen LogP) is 3.67. The SMILES string of the molecule is COc1cccc(-n2c(=O)n(Cc3c(F)cccc3F)c3cnc(NCC4CCCN(C)C4)nc32)c1. The van der Waals surface area contributed by atoms with Crippen molar-refractivity contribution in [3.63, 3.8) is 0 Å². The number of fused-ring (bicyclic) bond motifs is 1. The molecular weight excluding hydrogens is 466 g/mol. The molecule has 1 atom stereocenters. The Morgan fingerprint density at radius 3 is 2.69 bits per heavy atom. The quantitative estimate of drug-likeness (QED) is 0.423. The third-order valence-electron chi connectivity index (χ3n) is 6.64. The minimum absolute atomic E-state index is 0.201. The van der Waals surface area contributed by atoms with Gasteiger partial charge in [-0.05, 0) is 56.6 Å². The summed E-state index contributed by atoms with van der Waals surface area (Å²) in [6, 6.07) is 10.6. The van der Waals surface area contributed by atoms with Gasteiger partial charge in [0.1, 0.15) is 22.9 Å². The van der Waals surface area contributed by atoms with Crippen LogP contribution in [0.5, 0.6) is 5.75 Å². The molecule has 0 amide bonds. The average Bonchev–Trinajstić information content (AvgIpc) is 3.15. The lowest BCUT2D eigenvalue weighted by Crippen LogP contribution is -2.35. The third kappa shape index (κ3) is 4.68. The van der Waals surface area contributed by atoms with Crippen LogP contribution in [0.15, 0.2) is 53.5 Å². The number of piperidine rings is 1. The Kier molecular flexibility index (Phi) is 6.69. The van der Waals surface area contributed by atoms with Crippen molar-refractivity contribution in [1.82, 2.24) is 24.0 Å². The van der Waals surface area contributed by atoms with E-state index in [2.05, 4.69) is 27.2 Å². The topological polar surface area (TPSA) is 77.2 Å². The van der Waals surface area contributed by atoms with Gasteiger partial charge in [-0.3, -0.25) is 4.57 Å². The number of rotatable bonds is 7. The van der Waals surface area contributed by atoms with Gasteiger partial charge < -0.3 is 15.0 Å². The van der Waals surface area contributed by atoms with E-state index < -0.39 is 17.3 Å². The van der Waals surface area contributed by atoms with Crippen LogP contribution < -0.4 is 15.7 Å². The van der Waals surface area contributed by atoms with Crippen molar-refractivity contribution in [3.05, 3.63) is 76.3 Å². The summed E-state index contributed by atoms with van der Waals surface area (Å²) < 4.78 is 36.9. The van der Waals surface area contributed by atoms with Gasteiger partial charge in [-0.25, -0.2) is 23.1 Å². The van der Waals surface area contributed by atoms with Crippen LogP contribution in [0.25, 0.3) is 16.9 Å². The smallest absolute Gasteiger partial charge is 0.335 e. The summed E-state index contributed by atoms with van der Waals surface area (Å²) >= 11 is 0. The van der Waals surface area contributed by atoms with Crippen LogP contribution in [0, 0.1) is 17.6 Å². The van der Waals surface area contributed by atoms with E-state index in [4.69, 9.17) is 4.74 Å². The van der Waals surface area contributed by atoms with Gasteiger partial charge in [0.2, 0.25) is 5.95 Å². The number of hydrogen-bond donors (Lipinski definition) is 1. The maximum absolute atomic E-state index is 14.4. The van der Waals surface area contributed by atoms with E-state index in [1.807, 2.05) is 0 Å². The van der Waals surface area contributed by atoms with Gasteiger partial charge in [0.15, 0.2) is 5.65 Å². The van der Waals surface area contributed by atoms with Crippen molar-refractivity contribution in [2.75, 3.05) is 39.1 Å². The first-order valence-corrected chi connectivity index (χ1v) is 11.9. The monoisotopic (exact) mass is 494 g/mol. The first-order valence-electron chi connectivity index (χ1n) is 11.9. The maximum atomic E-state index is 14.4. The number of halogens is 2. The highest BCUT2D eigenvalue weighted by Gasteiger charge is 2.21. The van der Waals surface area contributed by atoms with E-state index in [-0.39, 0.29) is 12.1 Å². The molecule has 2 aromatic heterocycles. The number of nitrogens with one attached hydrogen (secondary N) is 1. The van der Waals surface area contributed by atoms with Crippen molar-refractivity contribution in [2.24, 2.45) is 5.92 Å². The van der Waals surface area contributed by atoms with E-state index in [1.54, 1.807) is 31.4 Å². The van der Waals surface area contributed by atoms with Crippen LogP contribution in [0.2, 0.25) is 0 Å². The molecular formula is C26H28F2N6O2. The molecule has 4 aromatic rings. The molecule has 188 valence electrons. The van der Waals surface area contributed by atoms with Gasteiger partial charge in [0.25, 0.3) is 0 Å². The summed E-state index contributed by atoms with van der Waals surface area (Å²) in [5.41, 5.74) is 0.543. The Morgan fingerprint density at radius 1 is 1.17 bits per heavy atom. The number of imidazole rings is 1. The average molecular weight is 495 g/mol. The minimum atomic E-state index is -0.721. The molecule has 1 aliphatic rings. The third-order valence-corrected chi connectivity index (χ3v) is 6.64. The van der Waals surface area contributed by atoms with Crippen LogP contribution in [-0.2, 0) is 6.54 Å². The van der Waals surface area contributed by atoms with Crippen LogP contribution >= 0.6 is 0 Å². The van der Waals surface area contributed by atoms with Gasteiger partial charge in [0.05, 0.1) is 25.5 Å². The number of aromatic nitrogens is 4. The molecule has 3 heterocycles. The van der Waals surface area contributed by atoms with Crippen molar-refractivity contribution in [2.45, 2.75) is 19.4 Å². The van der Waals surface area contributed by atoms with Gasteiger partial charge >= 0.3 is 5.69 Å². The lowest BCUT2D eigenvalue weighted by Gasteiger charge is -2.29. The second kappa shape index (κ2) is 10.1.